The minimum atomic E-state index is -0.266. The first-order valence-corrected chi connectivity index (χ1v) is 6.60. The Hall–Kier alpha value is -2.36. The van der Waals surface area contributed by atoms with E-state index < -0.39 is 0 Å². The molecular formula is C16H15FN2O. The van der Waals surface area contributed by atoms with E-state index in [2.05, 4.69) is 12.0 Å². The summed E-state index contributed by atoms with van der Waals surface area (Å²) >= 11 is 0. The SMILES string of the molecule is CCn1nc(COc2ccc(F)cc2)c2ccccc21. The van der Waals surface area contributed by atoms with E-state index in [9.17, 15) is 4.39 Å². The van der Waals surface area contributed by atoms with Crippen LogP contribution in [0.1, 0.15) is 12.6 Å². The van der Waals surface area contributed by atoms with Crippen molar-refractivity contribution in [3.8, 4) is 5.75 Å². The summed E-state index contributed by atoms with van der Waals surface area (Å²) in [5.41, 5.74) is 2.00. The molecule has 1 aromatic heterocycles. The highest BCUT2D eigenvalue weighted by molar-refractivity contribution is 5.81. The quantitative estimate of drug-likeness (QED) is 0.721. The van der Waals surface area contributed by atoms with Crippen molar-refractivity contribution in [2.45, 2.75) is 20.1 Å². The van der Waals surface area contributed by atoms with E-state index in [1.165, 1.54) is 12.1 Å². The number of hydrogen-bond acceptors (Lipinski definition) is 2. The molecule has 0 aliphatic rings. The number of halogens is 1. The van der Waals surface area contributed by atoms with Gasteiger partial charge in [0.15, 0.2) is 0 Å². The van der Waals surface area contributed by atoms with Gasteiger partial charge in [-0.15, -0.1) is 0 Å². The first-order valence-electron chi connectivity index (χ1n) is 6.60. The number of para-hydroxylation sites is 1. The van der Waals surface area contributed by atoms with Gasteiger partial charge in [-0.1, -0.05) is 18.2 Å². The summed E-state index contributed by atoms with van der Waals surface area (Å²) in [6.45, 7) is 3.25. The zero-order valence-electron chi connectivity index (χ0n) is 11.2. The summed E-state index contributed by atoms with van der Waals surface area (Å²) in [5.74, 6) is 0.375. The maximum Gasteiger partial charge on any atom is 0.133 e. The highest BCUT2D eigenvalue weighted by atomic mass is 19.1. The second kappa shape index (κ2) is 5.33. The van der Waals surface area contributed by atoms with Crippen molar-refractivity contribution in [1.82, 2.24) is 9.78 Å². The zero-order valence-corrected chi connectivity index (χ0v) is 11.2. The molecule has 0 fully saturated rings. The van der Waals surface area contributed by atoms with E-state index in [1.807, 2.05) is 28.9 Å². The molecule has 0 spiro atoms. The van der Waals surface area contributed by atoms with E-state index >= 15 is 0 Å². The van der Waals surface area contributed by atoms with Gasteiger partial charge in [-0.2, -0.15) is 5.10 Å². The topological polar surface area (TPSA) is 27.1 Å². The molecule has 0 unspecified atom stereocenters. The molecule has 3 nitrogen and oxygen atoms in total. The molecule has 0 bridgehead atoms. The molecule has 102 valence electrons. The molecule has 2 aromatic carbocycles. The van der Waals surface area contributed by atoms with E-state index in [-0.39, 0.29) is 5.82 Å². The van der Waals surface area contributed by atoms with Gasteiger partial charge >= 0.3 is 0 Å². The van der Waals surface area contributed by atoms with E-state index in [0.29, 0.717) is 12.4 Å². The summed E-state index contributed by atoms with van der Waals surface area (Å²) in [4.78, 5) is 0. The molecule has 0 N–H and O–H groups in total. The monoisotopic (exact) mass is 270 g/mol. The Balaban J connectivity index is 1.85. The lowest BCUT2D eigenvalue weighted by Gasteiger charge is -2.04. The van der Waals surface area contributed by atoms with Gasteiger partial charge in [0.1, 0.15) is 23.9 Å². The third-order valence-corrected chi connectivity index (χ3v) is 3.22. The Morgan fingerprint density at radius 3 is 2.60 bits per heavy atom. The predicted octanol–water partition coefficient (Wildman–Crippen LogP) is 3.77. The Bertz CT molecular complexity index is 719. The Morgan fingerprint density at radius 2 is 1.85 bits per heavy atom. The molecule has 3 rings (SSSR count). The Kier molecular flexibility index (Phi) is 3.37. The van der Waals surface area contributed by atoms with Crippen LogP contribution in [0.25, 0.3) is 10.9 Å². The second-order valence-electron chi connectivity index (χ2n) is 4.52. The fourth-order valence-electron chi connectivity index (χ4n) is 2.23. The lowest BCUT2D eigenvalue weighted by molar-refractivity contribution is 0.300. The third-order valence-electron chi connectivity index (χ3n) is 3.22. The van der Waals surface area contributed by atoms with Gasteiger partial charge < -0.3 is 4.74 Å². The fraction of sp³-hybridized carbons (Fsp3) is 0.188. The summed E-state index contributed by atoms with van der Waals surface area (Å²) in [5, 5.41) is 5.65. The van der Waals surface area contributed by atoms with E-state index in [0.717, 1.165) is 23.1 Å². The average molecular weight is 270 g/mol. The zero-order chi connectivity index (χ0) is 13.9. The molecule has 0 radical (unpaired) electrons. The molecule has 3 aromatic rings. The minimum Gasteiger partial charge on any atom is -0.487 e. The van der Waals surface area contributed by atoms with Gasteiger partial charge in [0, 0.05) is 11.9 Å². The van der Waals surface area contributed by atoms with Crippen molar-refractivity contribution in [1.29, 1.82) is 0 Å². The van der Waals surface area contributed by atoms with Crippen molar-refractivity contribution in [3.63, 3.8) is 0 Å². The smallest absolute Gasteiger partial charge is 0.133 e. The lowest BCUT2D eigenvalue weighted by atomic mass is 10.2. The normalized spacial score (nSPS) is 10.9. The van der Waals surface area contributed by atoms with Crippen LogP contribution in [-0.2, 0) is 13.2 Å². The standard InChI is InChI=1S/C16H15FN2O/c1-2-19-16-6-4-3-5-14(16)15(18-19)11-20-13-9-7-12(17)8-10-13/h3-10H,2,11H2,1H3. The van der Waals surface area contributed by atoms with Gasteiger partial charge in [0.2, 0.25) is 0 Å². The van der Waals surface area contributed by atoms with E-state index in [1.54, 1.807) is 12.1 Å². The predicted molar refractivity (Wildman–Crippen MR) is 76.1 cm³/mol. The van der Waals surface area contributed by atoms with Crippen molar-refractivity contribution < 1.29 is 9.13 Å². The van der Waals surface area contributed by atoms with Crippen molar-refractivity contribution >= 4 is 10.9 Å². The number of rotatable bonds is 4. The summed E-state index contributed by atoms with van der Waals surface area (Å²) in [6, 6.07) is 14.1. The third kappa shape index (κ3) is 2.37. The van der Waals surface area contributed by atoms with Crippen LogP contribution in [0.2, 0.25) is 0 Å². The molecule has 0 atom stereocenters. The highest BCUT2D eigenvalue weighted by Gasteiger charge is 2.09. The van der Waals surface area contributed by atoms with Crippen LogP contribution in [0.3, 0.4) is 0 Å². The van der Waals surface area contributed by atoms with Crippen molar-refractivity contribution in [2.24, 2.45) is 0 Å². The molecule has 0 amide bonds. The van der Waals surface area contributed by atoms with Gasteiger partial charge in [-0.05, 0) is 37.3 Å². The summed E-state index contributed by atoms with van der Waals surface area (Å²) in [7, 11) is 0. The van der Waals surface area contributed by atoms with E-state index in [4.69, 9.17) is 4.74 Å². The number of hydrogen-bond donors (Lipinski definition) is 0. The minimum absolute atomic E-state index is 0.266. The van der Waals surface area contributed by atoms with Gasteiger partial charge in [0.25, 0.3) is 0 Å². The maximum absolute atomic E-state index is 12.8. The largest absolute Gasteiger partial charge is 0.487 e. The van der Waals surface area contributed by atoms with Crippen LogP contribution in [0.4, 0.5) is 4.39 Å². The van der Waals surface area contributed by atoms with Gasteiger partial charge in [0.05, 0.1) is 5.52 Å². The highest BCUT2D eigenvalue weighted by Crippen LogP contribution is 2.20. The summed E-state index contributed by atoms with van der Waals surface area (Å²) < 4.78 is 20.5. The summed E-state index contributed by atoms with van der Waals surface area (Å²) in [6.07, 6.45) is 0. The molecular weight excluding hydrogens is 255 g/mol. The Morgan fingerprint density at radius 1 is 1.10 bits per heavy atom. The molecule has 1 heterocycles. The number of ether oxygens (including phenoxy) is 1. The molecule has 0 aliphatic heterocycles. The number of nitrogens with zero attached hydrogens (tertiary/aromatic N) is 2. The number of aryl methyl sites for hydroxylation is 1. The van der Waals surface area contributed by atoms with Crippen molar-refractivity contribution in [2.75, 3.05) is 0 Å². The first-order chi connectivity index (χ1) is 9.78. The maximum atomic E-state index is 12.8. The van der Waals surface area contributed by atoms with Crippen LogP contribution in [0, 0.1) is 5.82 Å². The molecule has 0 aliphatic carbocycles. The molecule has 0 saturated heterocycles. The lowest BCUT2D eigenvalue weighted by Crippen LogP contribution is -2.00. The molecule has 0 saturated carbocycles. The first kappa shape index (κ1) is 12.7. The number of aromatic nitrogens is 2. The fourth-order valence-corrected chi connectivity index (χ4v) is 2.23. The van der Waals surface area contributed by atoms with Crippen molar-refractivity contribution in [3.05, 3.63) is 60.0 Å². The van der Waals surface area contributed by atoms with Crippen LogP contribution < -0.4 is 4.74 Å². The van der Waals surface area contributed by atoms with Gasteiger partial charge in [-0.3, -0.25) is 4.68 Å². The molecule has 20 heavy (non-hydrogen) atoms. The number of fused-ring (bicyclic) bond motifs is 1. The second-order valence-corrected chi connectivity index (χ2v) is 4.52. The molecule has 4 heteroatoms. The van der Waals surface area contributed by atoms with Crippen LogP contribution in [-0.4, -0.2) is 9.78 Å². The van der Waals surface area contributed by atoms with Crippen LogP contribution >= 0.6 is 0 Å². The Labute approximate surface area is 116 Å². The van der Waals surface area contributed by atoms with Gasteiger partial charge in [-0.25, -0.2) is 4.39 Å². The van der Waals surface area contributed by atoms with Crippen LogP contribution in [0.15, 0.2) is 48.5 Å². The average Bonchev–Trinajstić information content (AvgIpc) is 2.85. The van der Waals surface area contributed by atoms with Crippen LogP contribution in [0.5, 0.6) is 5.75 Å². The number of benzene rings is 2.